The zero-order valence-electron chi connectivity index (χ0n) is 11.7. The molecule has 1 fully saturated rings. The molecule has 2 amide bonds. The fraction of sp³-hybridized carbons (Fsp3) is 0.357. The number of methoxy groups -OCH3 is 1. The Kier molecular flexibility index (Phi) is 4.97. The second-order valence-corrected chi connectivity index (χ2v) is 5.20. The first kappa shape index (κ1) is 16.2. The van der Waals surface area contributed by atoms with Gasteiger partial charge < -0.3 is 15.4 Å². The molecule has 0 aromatic heterocycles. The van der Waals surface area contributed by atoms with Gasteiger partial charge in [-0.25, -0.2) is 9.18 Å². The highest BCUT2D eigenvalue weighted by molar-refractivity contribution is 6.30. The van der Waals surface area contributed by atoms with E-state index in [0.29, 0.717) is 6.42 Å². The lowest BCUT2D eigenvalue weighted by Crippen LogP contribution is -2.45. The van der Waals surface area contributed by atoms with Gasteiger partial charge >= 0.3 is 5.97 Å². The SMILES string of the molecule is COC(=O)[C@H](NC(=O)[C@@H]1CCC(=O)N1)c1ccc(Cl)c(F)c1. The van der Waals surface area contributed by atoms with Crippen LogP contribution >= 0.6 is 11.6 Å². The van der Waals surface area contributed by atoms with E-state index in [1.165, 1.54) is 12.1 Å². The molecule has 0 spiro atoms. The van der Waals surface area contributed by atoms with Crippen LogP contribution < -0.4 is 10.6 Å². The predicted octanol–water partition coefficient (Wildman–Crippen LogP) is 1.09. The molecule has 2 rings (SSSR count). The van der Waals surface area contributed by atoms with Crippen molar-refractivity contribution in [2.45, 2.75) is 24.9 Å². The summed E-state index contributed by atoms with van der Waals surface area (Å²) in [5.74, 6) is -2.22. The lowest BCUT2D eigenvalue weighted by molar-refractivity contribution is -0.145. The summed E-state index contributed by atoms with van der Waals surface area (Å²) in [6.45, 7) is 0. The minimum Gasteiger partial charge on any atom is -0.467 e. The summed E-state index contributed by atoms with van der Waals surface area (Å²) in [6.07, 6.45) is 0.587. The Bertz CT molecular complexity index is 623. The van der Waals surface area contributed by atoms with Crippen LogP contribution in [0.15, 0.2) is 18.2 Å². The first-order chi connectivity index (χ1) is 10.4. The number of benzene rings is 1. The third-order valence-electron chi connectivity index (χ3n) is 3.31. The number of halogens is 2. The zero-order valence-corrected chi connectivity index (χ0v) is 12.4. The van der Waals surface area contributed by atoms with E-state index in [4.69, 9.17) is 11.6 Å². The highest BCUT2D eigenvalue weighted by atomic mass is 35.5. The average Bonchev–Trinajstić information content (AvgIpc) is 2.93. The van der Waals surface area contributed by atoms with E-state index in [1.807, 2.05) is 0 Å². The highest BCUT2D eigenvalue weighted by Gasteiger charge is 2.31. The molecule has 22 heavy (non-hydrogen) atoms. The maximum Gasteiger partial charge on any atom is 0.333 e. The molecule has 118 valence electrons. The van der Waals surface area contributed by atoms with Gasteiger partial charge in [-0.2, -0.15) is 0 Å². The molecule has 1 aliphatic rings. The van der Waals surface area contributed by atoms with Crippen molar-refractivity contribution in [3.63, 3.8) is 0 Å². The number of rotatable bonds is 4. The van der Waals surface area contributed by atoms with E-state index < -0.39 is 29.8 Å². The monoisotopic (exact) mass is 328 g/mol. The summed E-state index contributed by atoms with van der Waals surface area (Å²) in [7, 11) is 1.16. The second kappa shape index (κ2) is 6.74. The molecule has 0 saturated carbocycles. The van der Waals surface area contributed by atoms with E-state index in [2.05, 4.69) is 15.4 Å². The number of amides is 2. The van der Waals surface area contributed by atoms with Gasteiger partial charge in [-0.3, -0.25) is 9.59 Å². The lowest BCUT2D eigenvalue weighted by Gasteiger charge is -2.19. The Hall–Kier alpha value is -2.15. The van der Waals surface area contributed by atoms with E-state index in [9.17, 15) is 18.8 Å². The molecule has 1 aliphatic heterocycles. The normalized spacial score (nSPS) is 18.5. The number of carbonyl (C=O) groups excluding carboxylic acids is 3. The summed E-state index contributed by atoms with van der Waals surface area (Å²) in [5, 5.41) is 4.85. The Balaban J connectivity index is 2.19. The number of esters is 1. The minimum atomic E-state index is -1.18. The van der Waals surface area contributed by atoms with Crippen molar-refractivity contribution >= 4 is 29.4 Å². The number of hydrogen-bond donors (Lipinski definition) is 2. The molecule has 1 aromatic carbocycles. The standard InChI is InChI=1S/C14H14ClFN2O4/c1-22-14(21)12(7-2-3-8(15)9(16)6-7)18-13(20)10-4-5-11(19)17-10/h2-3,6,10,12H,4-5H2,1H3,(H,17,19)(H,18,20)/t10-,12+/m0/s1. The zero-order chi connectivity index (χ0) is 16.3. The van der Waals surface area contributed by atoms with E-state index in [1.54, 1.807) is 0 Å². The molecule has 2 N–H and O–H groups in total. The molecule has 0 bridgehead atoms. The largest absolute Gasteiger partial charge is 0.467 e. The quantitative estimate of drug-likeness (QED) is 0.810. The highest BCUT2D eigenvalue weighted by Crippen LogP contribution is 2.22. The first-order valence-electron chi connectivity index (χ1n) is 6.55. The third kappa shape index (κ3) is 3.54. The van der Waals surface area contributed by atoms with Crippen LogP contribution in [0, 0.1) is 5.82 Å². The Labute approximate surface area is 131 Å². The molecule has 1 heterocycles. The maximum absolute atomic E-state index is 13.5. The van der Waals surface area contributed by atoms with Gasteiger partial charge in [0.25, 0.3) is 0 Å². The lowest BCUT2D eigenvalue weighted by atomic mass is 10.1. The molecule has 2 atom stereocenters. The first-order valence-corrected chi connectivity index (χ1v) is 6.92. The number of ether oxygens (including phenoxy) is 1. The van der Waals surface area contributed by atoms with E-state index in [-0.39, 0.29) is 22.9 Å². The molecule has 0 aliphatic carbocycles. The van der Waals surface area contributed by atoms with Gasteiger partial charge in [0.05, 0.1) is 12.1 Å². The van der Waals surface area contributed by atoms with Crippen LogP contribution in [0.5, 0.6) is 0 Å². The Morgan fingerprint density at radius 3 is 2.77 bits per heavy atom. The topological polar surface area (TPSA) is 84.5 Å². The average molecular weight is 329 g/mol. The predicted molar refractivity (Wildman–Crippen MR) is 75.5 cm³/mol. The molecule has 1 aromatic rings. The van der Waals surface area contributed by atoms with Crippen LogP contribution in [0.25, 0.3) is 0 Å². The van der Waals surface area contributed by atoms with Gasteiger partial charge in [-0.15, -0.1) is 0 Å². The van der Waals surface area contributed by atoms with Crippen molar-refractivity contribution in [1.82, 2.24) is 10.6 Å². The molecule has 6 nitrogen and oxygen atoms in total. The van der Waals surface area contributed by atoms with Crippen molar-refractivity contribution in [3.8, 4) is 0 Å². The van der Waals surface area contributed by atoms with Crippen LogP contribution in [0.4, 0.5) is 4.39 Å². The second-order valence-electron chi connectivity index (χ2n) is 4.80. The molecule has 1 saturated heterocycles. The molecule has 0 unspecified atom stereocenters. The van der Waals surface area contributed by atoms with Crippen LogP contribution in [-0.2, 0) is 19.1 Å². The van der Waals surface area contributed by atoms with Crippen molar-refractivity contribution in [2.75, 3.05) is 7.11 Å². The Morgan fingerprint density at radius 1 is 1.50 bits per heavy atom. The van der Waals surface area contributed by atoms with Gasteiger partial charge in [0.1, 0.15) is 11.9 Å². The fourth-order valence-corrected chi connectivity index (χ4v) is 2.26. The van der Waals surface area contributed by atoms with Crippen LogP contribution in [0.3, 0.4) is 0 Å². The van der Waals surface area contributed by atoms with Gasteiger partial charge in [0.2, 0.25) is 11.8 Å². The van der Waals surface area contributed by atoms with E-state index >= 15 is 0 Å². The minimum absolute atomic E-state index is 0.0956. The van der Waals surface area contributed by atoms with Crippen LogP contribution in [0.1, 0.15) is 24.4 Å². The molecule has 8 heteroatoms. The van der Waals surface area contributed by atoms with E-state index in [0.717, 1.165) is 13.2 Å². The van der Waals surface area contributed by atoms with Crippen molar-refractivity contribution in [2.24, 2.45) is 0 Å². The molecule has 0 radical (unpaired) electrons. The fourth-order valence-electron chi connectivity index (χ4n) is 2.14. The van der Waals surface area contributed by atoms with Crippen molar-refractivity contribution in [3.05, 3.63) is 34.6 Å². The summed E-state index contributed by atoms with van der Waals surface area (Å²) in [5.41, 5.74) is 0.200. The number of nitrogens with one attached hydrogen (secondary N) is 2. The van der Waals surface area contributed by atoms with Gasteiger partial charge in [0, 0.05) is 6.42 Å². The number of hydrogen-bond acceptors (Lipinski definition) is 4. The third-order valence-corrected chi connectivity index (χ3v) is 3.62. The maximum atomic E-state index is 13.5. The number of carbonyl (C=O) groups is 3. The summed E-state index contributed by atoms with van der Waals surface area (Å²) < 4.78 is 18.2. The summed E-state index contributed by atoms with van der Waals surface area (Å²) in [4.78, 5) is 35.1. The molecular formula is C14H14ClFN2O4. The van der Waals surface area contributed by atoms with Crippen LogP contribution in [0.2, 0.25) is 5.02 Å². The van der Waals surface area contributed by atoms with Gasteiger partial charge in [0.15, 0.2) is 6.04 Å². The molecular weight excluding hydrogens is 315 g/mol. The van der Waals surface area contributed by atoms with Crippen molar-refractivity contribution < 1.29 is 23.5 Å². The van der Waals surface area contributed by atoms with Crippen LogP contribution in [-0.4, -0.2) is 30.9 Å². The van der Waals surface area contributed by atoms with Gasteiger partial charge in [-0.05, 0) is 24.1 Å². The smallest absolute Gasteiger partial charge is 0.333 e. The summed E-state index contributed by atoms with van der Waals surface area (Å²) in [6, 6.07) is 1.86. The Morgan fingerprint density at radius 2 is 2.23 bits per heavy atom. The van der Waals surface area contributed by atoms with Gasteiger partial charge in [-0.1, -0.05) is 17.7 Å². The summed E-state index contributed by atoms with van der Waals surface area (Å²) >= 11 is 5.60. The van der Waals surface area contributed by atoms with Crippen molar-refractivity contribution in [1.29, 1.82) is 0 Å².